The minimum atomic E-state index is 0. The number of carbonyl (C=O) groups is 1. The van der Waals surface area contributed by atoms with Crippen LogP contribution in [0.4, 0.5) is 0 Å². The van der Waals surface area contributed by atoms with Crippen LogP contribution in [0.15, 0.2) is 0 Å². The zero-order chi connectivity index (χ0) is 4.28. The fraction of sp³-hybridized carbons (Fsp3) is 0.667. The van der Waals surface area contributed by atoms with Gasteiger partial charge in [-0.2, -0.15) is 0 Å². The molecule has 0 fully saturated rings. The summed E-state index contributed by atoms with van der Waals surface area (Å²) in [6.07, 6.45) is 0.750. The van der Waals surface area contributed by atoms with Gasteiger partial charge in [0.25, 0.3) is 0 Å². The second-order valence-corrected chi connectivity index (χ2v) is 1.07. The standard InChI is InChI=1S/C3H7NO.Sn/c1-4(2)3-5;/h3H,1-2H3;/q;+4. The maximum absolute atomic E-state index is 9.43. The van der Waals surface area contributed by atoms with E-state index in [0.29, 0.717) is 0 Å². The van der Waals surface area contributed by atoms with Gasteiger partial charge in [-0.25, -0.2) is 0 Å². The first-order chi connectivity index (χ1) is 2.27. The number of amides is 1. The molecular weight excluding hydrogens is 185 g/mol. The molecule has 0 unspecified atom stereocenters. The molecule has 3 heteroatoms. The van der Waals surface area contributed by atoms with E-state index in [1.165, 1.54) is 4.90 Å². The first-order valence-electron chi connectivity index (χ1n) is 1.39. The summed E-state index contributed by atoms with van der Waals surface area (Å²) in [4.78, 5) is 10.9. The molecule has 0 radical (unpaired) electrons. The largest absolute Gasteiger partial charge is 4.00 e. The summed E-state index contributed by atoms with van der Waals surface area (Å²) in [5.74, 6) is 0. The van der Waals surface area contributed by atoms with Crippen LogP contribution in [-0.2, 0) is 4.79 Å². The summed E-state index contributed by atoms with van der Waals surface area (Å²) in [5.41, 5.74) is 0. The van der Waals surface area contributed by atoms with Crippen molar-refractivity contribution >= 4 is 30.3 Å². The van der Waals surface area contributed by atoms with Crippen molar-refractivity contribution in [2.75, 3.05) is 14.1 Å². The van der Waals surface area contributed by atoms with E-state index < -0.39 is 0 Å². The van der Waals surface area contributed by atoms with Crippen molar-refractivity contribution in [3.05, 3.63) is 0 Å². The topological polar surface area (TPSA) is 20.3 Å². The van der Waals surface area contributed by atoms with Crippen LogP contribution in [-0.4, -0.2) is 49.3 Å². The van der Waals surface area contributed by atoms with Crippen molar-refractivity contribution in [3.8, 4) is 0 Å². The summed E-state index contributed by atoms with van der Waals surface area (Å²) >= 11 is 0. The van der Waals surface area contributed by atoms with Crippen LogP contribution in [0.2, 0.25) is 0 Å². The molecule has 2 nitrogen and oxygen atoms in total. The van der Waals surface area contributed by atoms with E-state index in [1.54, 1.807) is 14.1 Å². The maximum Gasteiger partial charge on any atom is 4.00 e. The average molecular weight is 192 g/mol. The van der Waals surface area contributed by atoms with Gasteiger partial charge in [-0.15, -0.1) is 0 Å². The predicted octanol–water partition coefficient (Wildman–Crippen LogP) is -0.676. The fourth-order valence-electron chi connectivity index (χ4n) is 0. The Labute approximate surface area is 54.5 Å². The van der Waals surface area contributed by atoms with Crippen molar-refractivity contribution in [1.29, 1.82) is 0 Å². The second-order valence-electron chi connectivity index (χ2n) is 1.07. The molecule has 0 bridgehead atoms. The summed E-state index contributed by atoms with van der Waals surface area (Å²) in [6.45, 7) is 0. The van der Waals surface area contributed by atoms with Crippen LogP contribution in [0.25, 0.3) is 0 Å². The van der Waals surface area contributed by atoms with Gasteiger partial charge in [0.2, 0.25) is 6.41 Å². The fourth-order valence-corrected chi connectivity index (χ4v) is 0. The molecule has 6 heavy (non-hydrogen) atoms. The third kappa shape index (κ3) is 8.86. The van der Waals surface area contributed by atoms with E-state index in [4.69, 9.17) is 0 Å². The first-order valence-corrected chi connectivity index (χ1v) is 1.39. The molecule has 0 aliphatic heterocycles. The van der Waals surface area contributed by atoms with Crippen LogP contribution < -0.4 is 0 Å². The second kappa shape index (κ2) is 5.27. The van der Waals surface area contributed by atoms with E-state index in [1.807, 2.05) is 0 Å². The van der Waals surface area contributed by atoms with Gasteiger partial charge in [0, 0.05) is 14.1 Å². The Bertz CT molecular complexity index is 37.8. The molecule has 0 spiro atoms. The monoisotopic (exact) mass is 193 g/mol. The number of hydrogen-bond acceptors (Lipinski definition) is 1. The zero-order valence-corrected chi connectivity index (χ0v) is 6.79. The van der Waals surface area contributed by atoms with Gasteiger partial charge >= 0.3 is 23.9 Å². The Morgan fingerprint density at radius 3 is 1.67 bits per heavy atom. The summed E-state index contributed by atoms with van der Waals surface area (Å²) in [7, 11) is 3.38. The Hall–Kier alpha value is 0.269. The minimum absolute atomic E-state index is 0. The predicted molar refractivity (Wildman–Crippen MR) is 25.5 cm³/mol. The van der Waals surface area contributed by atoms with Gasteiger partial charge in [0.05, 0.1) is 0 Å². The molecule has 0 aromatic carbocycles. The molecule has 1 amide bonds. The van der Waals surface area contributed by atoms with E-state index in [0.717, 1.165) is 6.41 Å². The van der Waals surface area contributed by atoms with Gasteiger partial charge in [0.15, 0.2) is 0 Å². The molecule has 0 rings (SSSR count). The van der Waals surface area contributed by atoms with Crippen molar-refractivity contribution < 1.29 is 4.79 Å². The number of hydrogen-bond donors (Lipinski definition) is 0. The molecular formula is C3H7NOSn+4. The van der Waals surface area contributed by atoms with Crippen molar-refractivity contribution in [1.82, 2.24) is 4.90 Å². The molecule has 0 aromatic rings. The Balaban J connectivity index is 0. The molecule has 0 atom stereocenters. The van der Waals surface area contributed by atoms with Gasteiger partial charge in [-0.05, 0) is 0 Å². The smallest absolute Gasteiger partial charge is 0.351 e. The van der Waals surface area contributed by atoms with Gasteiger partial charge < -0.3 is 4.90 Å². The summed E-state index contributed by atoms with van der Waals surface area (Å²) in [6, 6.07) is 0. The molecule has 0 aliphatic carbocycles. The third-order valence-electron chi connectivity index (χ3n) is 0.211. The molecule has 0 saturated carbocycles. The molecule has 0 aliphatic rings. The van der Waals surface area contributed by atoms with Crippen LogP contribution in [0, 0.1) is 0 Å². The normalized spacial score (nSPS) is 5.67. The maximum atomic E-state index is 9.43. The first kappa shape index (κ1) is 9.55. The van der Waals surface area contributed by atoms with Crippen LogP contribution in [0.5, 0.6) is 0 Å². The number of carbonyl (C=O) groups excluding carboxylic acids is 1. The Morgan fingerprint density at radius 2 is 1.67 bits per heavy atom. The summed E-state index contributed by atoms with van der Waals surface area (Å²) < 4.78 is 0. The Kier molecular flexibility index (Phi) is 8.39. The van der Waals surface area contributed by atoms with Gasteiger partial charge in [0.1, 0.15) is 0 Å². The van der Waals surface area contributed by atoms with Crippen LogP contribution in [0.3, 0.4) is 0 Å². The van der Waals surface area contributed by atoms with E-state index in [-0.39, 0.29) is 23.9 Å². The van der Waals surface area contributed by atoms with Crippen molar-refractivity contribution in [2.45, 2.75) is 0 Å². The quantitative estimate of drug-likeness (QED) is 0.398. The molecule has 0 saturated heterocycles. The van der Waals surface area contributed by atoms with Crippen LogP contribution in [0.1, 0.15) is 0 Å². The molecule has 0 heterocycles. The SMILES string of the molecule is CN(C)C=O.[Sn+4]. The third-order valence-corrected chi connectivity index (χ3v) is 0.211. The average Bonchev–Trinajstić information content (AvgIpc) is 1.38. The van der Waals surface area contributed by atoms with E-state index in [2.05, 4.69) is 0 Å². The Morgan fingerprint density at radius 1 is 1.50 bits per heavy atom. The number of rotatable bonds is 1. The van der Waals surface area contributed by atoms with Gasteiger partial charge in [-0.1, -0.05) is 0 Å². The van der Waals surface area contributed by atoms with Crippen molar-refractivity contribution in [3.63, 3.8) is 0 Å². The summed E-state index contributed by atoms with van der Waals surface area (Å²) in [5, 5.41) is 0. The van der Waals surface area contributed by atoms with E-state index in [9.17, 15) is 4.79 Å². The van der Waals surface area contributed by atoms with Crippen molar-refractivity contribution in [2.24, 2.45) is 0 Å². The van der Waals surface area contributed by atoms with Crippen LogP contribution >= 0.6 is 0 Å². The molecule has 30 valence electrons. The molecule has 0 N–H and O–H groups in total. The van der Waals surface area contributed by atoms with E-state index >= 15 is 0 Å². The minimum Gasteiger partial charge on any atom is -0.351 e. The number of nitrogens with zero attached hydrogens (tertiary/aromatic N) is 1. The zero-order valence-electron chi connectivity index (χ0n) is 3.93. The van der Waals surface area contributed by atoms with Gasteiger partial charge in [-0.3, -0.25) is 4.79 Å². The molecule has 0 aromatic heterocycles.